The Bertz CT molecular complexity index is 341. The molecular formula is C11H19N5. The van der Waals surface area contributed by atoms with Crippen molar-refractivity contribution >= 4 is 11.8 Å². The Labute approximate surface area is 96.0 Å². The van der Waals surface area contributed by atoms with E-state index in [2.05, 4.69) is 27.2 Å². The predicted octanol–water partition coefficient (Wildman–Crippen LogP) is 1.53. The molecule has 0 saturated carbocycles. The van der Waals surface area contributed by atoms with E-state index in [1.165, 1.54) is 25.7 Å². The Hall–Kier alpha value is -1.36. The van der Waals surface area contributed by atoms with E-state index >= 15 is 0 Å². The lowest BCUT2D eigenvalue weighted by atomic mass is 10.1. The molecule has 1 aliphatic heterocycles. The number of hydrogen-bond acceptors (Lipinski definition) is 5. The number of rotatable bonds is 2. The first-order chi connectivity index (χ1) is 7.81. The minimum Gasteiger partial charge on any atom is -0.354 e. The summed E-state index contributed by atoms with van der Waals surface area (Å²) in [6.07, 6.45) is 6.84. The van der Waals surface area contributed by atoms with Crippen molar-refractivity contribution in [1.29, 1.82) is 0 Å². The zero-order valence-electron chi connectivity index (χ0n) is 9.69. The summed E-state index contributed by atoms with van der Waals surface area (Å²) in [5, 5.41) is 0. The van der Waals surface area contributed by atoms with Crippen LogP contribution in [0.25, 0.3) is 0 Å². The molecule has 2 rings (SSSR count). The summed E-state index contributed by atoms with van der Waals surface area (Å²) in [5.74, 6) is 6.77. The molecule has 1 unspecified atom stereocenters. The van der Waals surface area contributed by atoms with Gasteiger partial charge in [-0.2, -0.15) is 4.98 Å². The van der Waals surface area contributed by atoms with Gasteiger partial charge in [0.05, 0.1) is 0 Å². The minimum atomic E-state index is 0.481. The van der Waals surface area contributed by atoms with Crippen molar-refractivity contribution in [3.8, 4) is 0 Å². The molecule has 88 valence electrons. The Kier molecular flexibility index (Phi) is 3.56. The number of hydrazine groups is 1. The van der Waals surface area contributed by atoms with Gasteiger partial charge in [-0.05, 0) is 25.8 Å². The van der Waals surface area contributed by atoms with Gasteiger partial charge in [0.25, 0.3) is 0 Å². The molecule has 0 radical (unpaired) electrons. The maximum Gasteiger partial charge on any atom is 0.239 e. The van der Waals surface area contributed by atoms with E-state index in [1.54, 1.807) is 6.20 Å². The van der Waals surface area contributed by atoms with Crippen molar-refractivity contribution in [3.05, 3.63) is 12.3 Å². The van der Waals surface area contributed by atoms with Crippen LogP contribution in [0.3, 0.4) is 0 Å². The van der Waals surface area contributed by atoms with E-state index in [1.807, 2.05) is 6.07 Å². The molecule has 0 aromatic carbocycles. The van der Waals surface area contributed by atoms with Crippen LogP contribution in [0.4, 0.5) is 11.8 Å². The van der Waals surface area contributed by atoms with E-state index in [9.17, 15) is 0 Å². The summed E-state index contributed by atoms with van der Waals surface area (Å²) in [5.41, 5.74) is 2.49. The van der Waals surface area contributed by atoms with Crippen molar-refractivity contribution in [3.63, 3.8) is 0 Å². The summed E-state index contributed by atoms with van der Waals surface area (Å²) in [4.78, 5) is 10.8. The molecule has 0 aliphatic carbocycles. The quantitative estimate of drug-likeness (QED) is 0.585. The van der Waals surface area contributed by atoms with Gasteiger partial charge in [0.2, 0.25) is 5.95 Å². The predicted molar refractivity (Wildman–Crippen MR) is 65.1 cm³/mol. The summed E-state index contributed by atoms with van der Waals surface area (Å²) in [6, 6.07) is 2.49. The highest BCUT2D eigenvalue weighted by molar-refractivity contribution is 5.43. The van der Waals surface area contributed by atoms with Crippen LogP contribution >= 0.6 is 0 Å². The molecule has 1 atom stereocenters. The topological polar surface area (TPSA) is 67.1 Å². The molecule has 3 N–H and O–H groups in total. The molecule has 1 aromatic rings. The standard InChI is InChI=1S/C11H19N5/c1-9-5-3-2-4-8-16(9)10-6-7-13-11(14-10)15-12/h6-7,9H,2-5,8,12H2,1H3,(H,13,14,15). The SMILES string of the molecule is CC1CCCCCN1c1ccnc(NN)n1. The van der Waals surface area contributed by atoms with Crippen molar-refractivity contribution in [1.82, 2.24) is 9.97 Å². The fourth-order valence-electron chi connectivity index (χ4n) is 2.19. The Morgan fingerprint density at radius 1 is 1.44 bits per heavy atom. The van der Waals surface area contributed by atoms with Crippen molar-refractivity contribution < 1.29 is 0 Å². The van der Waals surface area contributed by atoms with Crippen LogP contribution in [0.2, 0.25) is 0 Å². The highest BCUT2D eigenvalue weighted by Gasteiger charge is 2.18. The van der Waals surface area contributed by atoms with Gasteiger partial charge in [-0.3, -0.25) is 5.43 Å². The normalized spacial score (nSPS) is 21.6. The molecule has 1 saturated heterocycles. The molecular weight excluding hydrogens is 202 g/mol. The Balaban J connectivity index is 2.19. The molecule has 5 heteroatoms. The minimum absolute atomic E-state index is 0.481. The van der Waals surface area contributed by atoms with Crippen LogP contribution in [-0.2, 0) is 0 Å². The Morgan fingerprint density at radius 2 is 2.31 bits per heavy atom. The van der Waals surface area contributed by atoms with E-state index < -0.39 is 0 Å². The first kappa shape index (κ1) is 11.1. The van der Waals surface area contributed by atoms with Gasteiger partial charge in [0.1, 0.15) is 5.82 Å². The first-order valence-corrected chi connectivity index (χ1v) is 5.87. The maximum atomic E-state index is 5.32. The molecule has 0 amide bonds. The van der Waals surface area contributed by atoms with Gasteiger partial charge in [0.15, 0.2) is 0 Å². The molecule has 2 heterocycles. The third-order valence-corrected chi connectivity index (χ3v) is 3.12. The number of aromatic nitrogens is 2. The van der Waals surface area contributed by atoms with Gasteiger partial charge in [-0.15, -0.1) is 0 Å². The Morgan fingerprint density at radius 3 is 3.12 bits per heavy atom. The van der Waals surface area contributed by atoms with Crippen molar-refractivity contribution in [2.45, 2.75) is 38.6 Å². The number of anilines is 2. The van der Waals surface area contributed by atoms with Gasteiger partial charge >= 0.3 is 0 Å². The highest BCUT2D eigenvalue weighted by Crippen LogP contribution is 2.22. The fraction of sp³-hybridized carbons (Fsp3) is 0.636. The molecule has 1 aliphatic rings. The second kappa shape index (κ2) is 5.12. The average Bonchev–Trinajstić information content (AvgIpc) is 2.54. The van der Waals surface area contributed by atoms with Crippen LogP contribution in [0.1, 0.15) is 32.6 Å². The van der Waals surface area contributed by atoms with Crippen LogP contribution in [-0.4, -0.2) is 22.6 Å². The lowest BCUT2D eigenvalue weighted by molar-refractivity contribution is 0.611. The van der Waals surface area contributed by atoms with Crippen LogP contribution < -0.4 is 16.2 Å². The first-order valence-electron chi connectivity index (χ1n) is 5.87. The molecule has 1 fully saturated rings. The largest absolute Gasteiger partial charge is 0.354 e. The maximum absolute atomic E-state index is 5.32. The van der Waals surface area contributed by atoms with Crippen molar-refractivity contribution in [2.24, 2.45) is 5.84 Å². The molecule has 5 nitrogen and oxygen atoms in total. The zero-order valence-corrected chi connectivity index (χ0v) is 9.69. The molecule has 1 aromatic heterocycles. The van der Waals surface area contributed by atoms with E-state index in [0.717, 1.165) is 12.4 Å². The monoisotopic (exact) mass is 221 g/mol. The smallest absolute Gasteiger partial charge is 0.239 e. The second-order valence-electron chi connectivity index (χ2n) is 4.27. The van der Waals surface area contributed by atoms with Crippen molar-refractivity contribution in [2.75, 3.05) is 16.9 Å². The number of nitrogens with two attached hydrogens (primary N) is 1. The lowest BCUT2D eigenvalue weighted by Crippen LogP contribution is -2.33. The van der Waals surface area contributed by atoms with E-state index in [4.69, 9.17) is 5.84 Å². The summed E-state index contributed by atoms with van der Waals surface area (Å²) < 4.78 is 0. The summed E-state index contributed by atoms with van der Waals surface area (Å²) >= 11 is 0. The summed E-state index contributed by atoms with van der Waals surface area (Å²) in [6.45, 7) is 3.32. The fourth-order valence-corrected chi connectivity index (χ4v) is 2.19. The van der Waals surface area contributed by atoms with E-state index in [-0.39, 0.29) is 0 Å². The molecule has 0 bridgehead atoms. The van der Waals surface area contributed by atoms with E-state index in [0.29, 0.717) is 12.0 Å². The number of hydrogen-bond donors (Lipinski definition) is 2. The molecule has 0 spiro atoms. The highest BCUT2D eigenvalue weighted by atomic mass is 15.3. The number of nitrogens with one attached hydrogen (secondary N) is 1. The zero-order chi connectivity index (χ0) is 11.4. The molecule has 16 heavy (non-hydrogen) atoms. The van der Waals surface area contributed by atoms with Crippen LogP contribution in [0.5, 0.6) is 0 Å². The van der Waals surface area contributed by atoms with Crippen LogP contribution in [0, 0.1) is 0 Å². The number of nitrogens with zero attached hydrogens (tertiary/aromatic N) is 3. The second-order valence-corrected chi connectivity index (χ2v) is 4.27. The summed E-state index contributed by atoms with van der Waals surface area (Å²) in [7, 11) is 0. The third-order valence-electron chi connectivity index (χ3n) is 3.12. The third kappa shape index (κ3) is 2.41. The lowest BCUT2D eigenvalue weighted by Gasteiger charge is -2.28. The van der Waals surface area contributed by atoms with Gasteiger partial charge in [-0.1, -0.05) is 12.8 Å². The number of nitrogen functional groups attached to an aromatic ring is 1. The van der Waals surface area contributed by atoms with Gasteiger partial charge < -0.3 is 4.90 Å². The van der Waals surface area contributed by atoms with Crippen LogP contribution in [0.15, 0.2) is 12.3 Å². The van der Waals surface area contributed by atoms with Gasteiger partial charge in [-0.25, -0.2) is 10.8 Å². The van der Waals surface area contributed by atoms with Gasteiger partial charge in [0, 0.05) is 18.8 Å². The average molecular weight is 221 g/mol.